The average Bonchev–Trinajstić information content (AvgIpc) is 2.59. The lowest BCUT2D eigenvalue weighted by molar-refractivity contribution is 0.121. The van der Waals surface area contributed by atoms with Crippen LogP contribution in [0.25, 0.3) is 0 Å². The predicted octanol–water partition coefficient (Wildman–Crippen LogP) is 2.14. The monoisotopic (exact) mass is 248 g/mol. The van der Waals surface area contributed by atoms with E-state index >= 15 is 0 Å². The first-order valence-electron chi connectivity index (χ1n) is 4.95. The summed E-state index contributed by atoms with van der Waals surface area (Å²) in [6, 6.07) is 0. The maximum atomic E-state index is 5.50. The van der Waals surface area contributed by atoms with Crippen LogP contribution < -0.4 is 0 Å². The van der Waals surface area contributed by atoms with Gasteiger partial charge in [0.15, 0.2) is 0 Å². The Morgan fingerprint density at radius 3 is 2.93 bits per heavy atom. The highest BCUT2D eigenvalue weighted by Crippen LogP contribution is 2.09. The third kappa shape index (κ3) is 5.47. The smallest absolute Gasteiger partial charge is 0.0897 e. The van der Waals surface area contributed by atoms with Gasteiger partial charge in [-0.15, -0.1) is 22.9 Å². The van der Waals surface area contributed by atoms with E-state index in [1.807, 2.05) is 6.92 Å². The SMILES string of the molecule is Cc1nc(CN(C)CCOCCCl)cs1. The summed E-state index contributed by atoms with van der Waals surface area (Å²) in [6.07, 6.45) is 0. The molecule has 1 heterocycles. The number of thiazole rings is 1. The number of rotatable bonds is 7. The van der Waals surface area contributed by atoms with Crippen LogP contribution in [0.1, 0.15) is 10.7 Å². The molecule has 0 aliphatic carbocycles. The van der Waals surface area contributed by atoms with Crippen LogP contribution >= 0.6 is 22.9 Å². The molecule has 5 heteroatoms. The Labute approximate surface area is 100 Å². The molecular formula is C10H17ClN2OS. The Bertz CT molecular complexity index is 280. The summed E-state index contributed by atoms with van der Waals surface area (Å²) in [5, 5.41) is 3.22. The summed E-state index contributed by atoms with van der Waals surface area (Å²) < 4.78 is 5.30. The van der Waals surface area contributed by atoms with Crippen molar-refractivity contribution in [3.8, 4) is 0 Å². The van der Waals surface area contributed by atoms with Gasteiger partial charge in [0.05, 0.1) is 23.9 Å². The van der Waals surface area contributed by atoms with Crippen molar-refractivity contribution in [1.82, 2.24) is 9.88 Å². The molecule has 0 saturated heterocycles. The van der Waals surface area contributed by atoms with Gasteiger partial charge >= 0.3 is 0 Å². The van der Waals surface area contributed by atoms with Crippen LogP contribution in [0, 0.1) is 6.92 Å². The maximum absolute atomic E-state index is 5.50. The zero-order valence-electron chi connectivity index (χ0n) is 9.20. The second kappa shape index (κ2) is 7.17. The predicted molar refractivity (Wildman–Crippen MR) is 64.7 cm³/mol. The molecule has 0 atom stereocenters. The van der Waals surface area contributed by atoms with Crippen LogP contribution in [0.2, 0.25) is 0 Å². The molecule has 0 unspecified atom stereocenters. The van der Waals surface area contributed by atoms with Gasteiger partial charge in [-0.2, -0.15) is 0 Å². The highest BCUT2D eigenvalue weighted by Gasteiger charge is 2.03. The Hall–Kier alpha value is -0.160. The first-order chi connectivity index (χ1) is 7.22. The molecule has 86 valence electrons. The number of hydrogen-bond acceptors (Lipinski definition) is 4. The van der Waals surface area contributed by atoms with E-state index in [1.54, 1.807) is 11.3 Å². The van der Waals surface area contributed by atoms with E-state index in [1.165, 1.54) is 0 Å². The summed E-state index contributed by atoms with van der Waals surface area (Å²) in [6.45, 7) is 5.18. The summed E-state index contributed by atoms with van der Waals surface area (Å²) >= 11 is 7.19. The van der Waals surface area contributed by atoms with Crippen molar-refractivity contribution in [2.75, 3.05) is 32.7 Å². The molecule has 1 aromatic rings. The summed E-state index contributed by atoms with van der Waals surface area (Å²) in [7, 11) is 2.07. The van der Waals surface area contributed by atoms with E-state index in [9.17, 15) is 0 Å². The second-order valence-corrected chi connectivity index (χ2v) is 4.84. The maximum Gasteiger partial charge on any atom is 0.0897 e. The number of alkyl halides is 1. The molecule has 1 aromatic heterocycles. The lowest BCUT2D eigenvalue weighted by Crippen LogP contribution is -2.23. The number of halogens is 1. The topological polar surface area (TPSA) is 25.4 Å². The Morgan fingerprint density at radius 2 is 2.33 bits per heavy atom. The molecule has 1 rings (SSSR count). The van der Waals surface area contributed by atoms with Crippen LogP contribution in [-0.2, 0) is 11.3 Å². The average molecular weight is 249 g/mol. The molecule has 0 aromatic carbocycles. The van der Waals surface area contributed by atoms with Gasteiger partial charge in [-0.05, 0) is 14.0 Å². The van der Waals surface area contributed by atoms with Gasteiger partial charge in [-0.25, -0.2) is 4.98 Å². The number of nitrogens with zero attached hydrogens (tertiary/aromatic N) is 2. The molecule has 0 N–H and O–H groups in total. The highest BCUT2D eigenvalue weighted by atomic mass is 35.5. The molecule has 0 aliphatic heterocycles. The van der Waals surface area contributed by atoms with Gasteiger partial charge in [-0.1, -0.05) is 0 Å². The van der Waals surface area contributed by atoms with E-state index in [4.69, 9.17) is 16.3 Å². The second-order valence-electron chi connectivity index (χ2n) is 3.40. The fourth-order valence-electron chi connectivity index (χ4n) is 1.21. The van der Waals surface area contributed by atoms with Crippen LogP contribution in [0.15, 0.2) is 5.38 Å². The van der Waals surface area contributed by atoms with Crippen molar-refractivity contribution in [3.63, 3.8) is 0 Å². The van der Waals surface area contributed by atoms with Gasteiger partial charge < -0.3 is 4.74 Å². The molecular weight excluding hydrogens is 232 g/mol. The first kappa shape index (κ1) is 12.9. The number of ether oxygens (including phenoxy) is 1. The summed E-state index contributed by atoms with van der Waals surface area (Å²) in [5.41, 5.74) is 1.14. The van der Waals surface area contributed by atoms with Gasteiger partial charge in [0.2, 0.25) is 0 Å². The fourth-order valence-corrected chi connectivity index (χ4v) is 1.93. The minimum Gasteiger partial charge on any atom is -0.379 e. The lowest BCUT2D eigenvalue weighted by Gasteiger charge is -2.14. The van der Waals surface area contributed by atoms with Crippen molar-refractivity contribution in [2.45, 2.75) is 13.5 Å². The standard InChI is InChI=1S/C10H17ClN2OS/c1-9-12-10(8-15-9)7-13(2)4-6-14-5-3-11/h8H,3-7H2,1-2H3. The van der Waals surface area contributed by atoms with E-state index in [0.717, 1.165) is 30.4 Å². The largest absolute Gasteiger partial charge is 0.379 e. The van der Waals surface area contributed by atoms with E-state index in [-0.39, 0.29) is 0 Å². The summed E-state index contributed by atoms with van der Waals surface area (Å²) in [4.78, 5) is 6.61. The Morgan fingerprint density at radius 1 is 1.53 bits per heavy atom. The van der Waals surface area contributed by atoms with Crippen molar-refractivity contribution >= 4 is 22.9 Å². The van der Waals surface area contributed by atoms with Crippen molar-refractivity contribution in [1.29, 1.82) is 0 Å². The van der Waals surface area contributed by atoms with Crippen molar-refractivity contribution in [2.24, 2.45) is 0 Å². The van der Waals surface area contributed by atoms with Crippen LogP contribution in [0.5, 0.6) is 0 Å². The van der Waals surface area contributed by atoms with E-state index in [2.05, 4.69) is 22.3 Å². The number of aryl methyl sites for hydroxylation is 1. The first-order valence-corrected chi connectivity index (χ1v) is 6.37. The van der Waals surface area contributed by atoms with Gasteiger partial charge in [0, 0.05) is 24.3 Å². The molecule has 0 radical (unpaired) electrons. The van der Waals surface area contributed by atoms with Crippen LogP contribution in [0.4, 0.5) is 0 Å². The van der Waals surface area contributed by atoms with Crippen LogP contribution in [-0.4, -0.2) is 42.6 Å². The van der Waals surface area contributed by atoms with Crippen LogP contribution in [0.3, 0.4) is 0 Å². The number of likely N-dealkylation sites (N-methyl/N-ethyl adjacent to an activating group) is 1. The third-order valence-electron chi connectivity index (χ3n) is 1.94. The Kier molecular flexibility index (Phi) is 6.17. The zero-order chi connectivity index (χ0) is 11.1. The lowest BCUT2D eigenvalue weighted by atomic mass is 10.4. The fraction of sp³-hybridized carbons (Fsp3) is 0.700. The summed E-state index contributed by atoms with van der Waals surface area (Å²) in [5.74, 6) is 0.564. The van der Waals surface area contributed by atoms with E-state index in [0.29, 0.717) is 12.5 Å². The Balaban J connectivity index is 2.15. The zero-order valence-corrected chi connectivity index (χ0v) is 10.8. The van der Waals surface area contributed by atoms with Gasteiger partial charge in [0.25, 0.3) is 0 Å². The third-order valence-corrected chi connectivity index (χ3v) is 2.91. The van der Waals surface area contributed by atoms with Gasteiger partial charge in [-0.3, -0.25) is 4.90 Å². The normalized spacial score (nSPS) is 11.2. The molecule has 15 heavy (non-hydrogen) atoms. The highest BCUT2D eigenvalue weighted by molar-refractivity contribution is 7.09. The minimum atomic E-state index is 0.564. The number of hydrogen-bond donors (Lipinski definition) is 0. The molecule has 0 spiro atoms. The molecule has 0 bridgehead atoms. The van der Waals surface area contributed by atoms with Gasteiger partial charge in [0.1, 0.15) is 0 Å². The van der Waals surface area contributed by atoms with Crippen molar-refractivity contribution < 1.29 is 4.74 Å². The molecule has 0 saturated carbocycles. The molecule has 0 amide bonds. The molecule has 3 nitrogen and oxygen atoms in total. The minimum absolute atomic E-state index is 0.564. The molecule has 0 fully saturated rings. The number of aromatic nitrogens is 1. The molecule has 0 aliphatic rings. The van der Waals surface area contributed by atoms with Crippen molar-refractivity contribution in [3.05, 3.63) is 16.1 Å². The van der Waals surface area contributed by atoms with E-state index < -0.39 is 0 Å². The quantitative estimate of drug-likeness (QED) is 0.546.